The van der Waals surface area contributed by atoms with Crippen molar-refractivity contribution < 1.29 is 9.53 Å². The fraction of sp³-hybridized carbons (Fsp3) is 0.526. The molecule has 0 radical (unpaired) electrons. The number of aromatic nitrogens is 3. The predicted octanol–water partition coefficient (Wildman–Crippen LogP) is 2.29. The first-order chi connectivity index (χ1) is 12.2. The second-order valence-corrected chi connectivity index (χ2v) is 6.89. The van der Waals surface area contributed by atoms with Gasteiger partial charge in [-0.05, 0) is 31.9 Å². The Bertz CT molecular complexity index is 741. The van der Waals surface area contributed by atoms with Crippen molar-refractivity contribution in [1.82, 2.24) is 19.9 Å². The van der Waals surface area contributed by atoms with E-state index in [4.69, 9.17) is 4.74 Å². The van der Waals surface area contributed by atoms with Crippen LogP contribution in [0, 0.1) is 6.92 Å². The molecule has 1 aliphatic heterocycles. The molecule has 2 aromatic rings. The third-order valence-corrected chi connectivity index (χ3v) is 5.36. The van der Waals surface area contributed by atoms with E-state index >= 15 is 0 Å². The molecule has 6 nitrogen and oxygen atoms in total. The summed E-state index contributed by atoms with van der Waals surface area (Å²) < 4.78 is 7.67. The SMILES string of the molecule is Cc1c(CC(=O)N2CCO[C@@H]3CCCC[C@H]32)nnn1-c1ccccc1. The van der Waals surface area contributed by atoms with Gasteiger partial charge in [0.05, 0.1) is 42.2 Å². The van der Waals surface area contributed by atoms with Crippen LogP contribution < -0.4 is 0 Å². The Morgan fingerprint density at radius 1 is 1.24 bits per heavy atom. The molecule has 0 spiro atoms. The Morgan fingerprint density at radius 2 is 2.04 bits per heavy atom. The van der Waals surface area contributed by atoms with Gasteiger partial charge in [0.15, 0.2) is 0 Å². The van der Waals surface area contributed by atoms with Gasteiger partial charge in [-0.15, -0.1) is 5.10 Å². The molecular weight excluding hydrogens is 316 g/mol. The van der Waals surface area contributed by atoms with Crippen molar-refractivity contribution in [3.05, 3.63) is 41.7 Å². The number of morpholine rings is 1. The zero-order chi connectivity index (χ0) is 17.2. The molecule has 0 unspecified atom stereocenters. The summed E-state index contributed by atoms with van der Waals surface area (Å²) in [6.07, 6.45) is 5.02. The molecule has 0 N–H and O–H groups in total. The lowest BCUT2D eigenvalue weighted by molar-refractivity contribution is -0.148. The Kier molecular flexibility index (Phi) is 4.53. The molecule has 2 fully saturated rings. The van der Waals surface area contributed by atoms with Gasteiger partial charge in [0.1, 0.15) is 0 Å². The van der Waals surface area contributed by atoms with E-state index in [9.17, 15) is 4.79 Å². The fourth-order valence-electron chi connectivity index (χ4n) is 3.99. The van der Waals surface area contributed by atoms with Crippen molar-refractivity contribution in [3.63, 3.8) is 0 Å². The summed E-state index contributed by atoms with van der Waals surface area (Å²) in [5, 5.41) is 8.50. The Balaban J connectivity index is 1.50. The molecule has 1 amide bonds. The van der Waals surface area contributed by atoms with Crippen molar-refractivity contribution in [2.24, 2.45) is 0 Å². The summed E-state index contributed by atoms with van der Waals surface area (Å²) in [4.78, 5) is 14.9. The number of hydrogen-bond donors (Lipinski definition) is 0. The maximum absolute atomic E-state index is 12.9. The number of hydrogen-bond acceptors (Lipinski definition) is 4. The van der Waals surface area contributed by atoms with Crippen LogP contribution in [0.15, 0.2) is 30.3 Å². The van der Waals surface area contributed by atoms with Crippen LogP contribution in [-0.4, -0.2) is 51.1 Å². The molecule has 1 saturated carbocycles. The van der Waals surface area contributed by atoms with Crippen molar-refractivity contribution in [3.8, 4) is 5.69 Å². The molecule has 6 heteroatoms. The average molecular weight is 340 g/mol. The number of ether oxygens (including phenoxy) is 1. The summed E-state index contributed by atoms with van der Waals surface area (Å²) in [5.74, 6) is 0.142. The van der Waals surface area contributed by atoms with Crippen LogP contribution in [0.3, 0.4) is 0 Å². The Morgan fingerprint density at radius 3 is 2.88 bits per heavy atom. The lowest BCUT2D eigenvalue weighted by Crippen LogP contribution is -2.55. The zero-order valence-electron chi connectivity index (χ0n) is 14.6. The molecular formula is C19H24N4O2. The fourth-order valence-corrected chi connectivity index (χ4v) is 3.99. The minimum absolute atomic E-state index is 0.142. The summed E-state index contributed by atoms with van der Waals surface area (Å²) in [5.41, 5.74) is 2.64. The summed E-state index contributed by atoms with van der Waals surface area (Å²) in [6, 6.07) is 10.1. The van der Waals surface area contributed by atoms with Crippen molar-refractivity contribution in [1.29, 1.82) is 0 Å². The van der Waals surface area contributed by atoms with Crippen LogP contribution in [0.4, 0.5) is 0 Å². The smallest absolute Gasteiger partial charge is 0.229 e. The molecule has 2 aliphatic rings. The summed E-state index contributed by atoms with van der Waals surface area (Å²) in [7, 11) is 0. The summed E-state index contributed by atoms with van der Waals surface area (Å²) >= 11 is 0. The average Bonchev–Trinajstić information content (AvgIpc) is 3.02. The van der Waals surface area contributed by atoms with Gasteiger partial charge in [-0.2, -0.15) is 0 Å². The molecule has 132 valence electrons. The molecule has 4 rings (SSSR count). The van der Waals surface area contributed by atoms with Crippen LogP contribution in [0.1, 0.15) is 37.1 Å². The monoisotopic (exact) mass is 340 g/mol. The number of carbonyl (C=O) groups excluding carboxylic acids is 1. The van der Waals surface area contributed by atoms with E-state index in [2.05, 4.69) is 10.3 Å². The number of carbonyl (C=O) groups is 1. The lowest BCUT2D eigenvalue weighted by atomic mass is 9.90. The predicted molar refractivity (Wildman–Crippen MR) is 93.5 cm³/mol. The van der Waals surface area contributed by atoms with Crippen molar-refractivity contribution in [2.45, 2.75) is 51.2 Å². The number of benzene rings is 1. The molecule has 1 aromatic heterocycles. The van der Waals surface area contributed by atoms with Gasteiger partial charge < -0.3 is 9.64 Å². The molecule has 25 heavy (non-hydrogen) atoms. The van der Waals surface area contributed by atoms with Crippen molar-refractivity contribution in [2.75, 3.05) is 13.2 Å². The van der Waals surface area contributed by atoms with Crippen molar-refractivity contribution >= 4 is 5.91 Å². The highest BCUT2D eigenvalue weighted by molar-refractivity contribution is 5.79. The number of amides is 1. The molecule has 0 bridgehead atoms. The van der Waals surface area contributed by atoms with Gasteiger partial charge in [0.25, 0.3) is 0 Å². The van der Waals surface area contributed by atoms with E-state index in [-0.39, 0.29) is 18.1 Å². The first-order valence-corrected chi connectivity index (χ1v) is 9.11. The molecule has 2 atom stereocenters. The molecule has 1 aromatic carbocycles. The minimum atomic E-state index is 0.142. The number of fused-ring (bicyclic) bond motifs is 1. The van der Waals surface area contributed by atoms with Gasteiger partial charge in [0, 0.05) is 6.54 Å². The molecule has 1 saturated heterocycles. The van der Waals surface area contributed by atoms with Crippen LogP contribution in [0.25, 0.3) is 5.69 Å². The maximum atomic E-state index is 12.9. The normalized spacial score (nSPS) is 23.3. The van der Waals surface area contributed by atoms with E-state index in [0.717, 1.165) is 29.9 Å². The van der Waals surface area contributed by atoms with E-state index in [1.54, 1.807) is 4.68 Å². The Labute approximate surface area is 147 Å². The summed E-state index contributed by atoms with van der Waals surface area (Å²) in [6.45, 7) is 3.30. The molecule has 1 aliphatic carbocycles. The van der Waals surface area contributed by atoms with Gasteiger partial charge in [0.2, 0.25) is 5.91 Å². The third kappa shape index (κ3) is 3.18. The quantitative estimate of drug-likeness (QED) is 0.860. The lowest BCUT2D eigenvalue weighted by Gasteiger charge is -2.43. The molecule has 2 heterocycles. The first-order valence-electron chi connectivity index (χ1n) is 9.11. The van der Waals surface area contributed by atoms with Crippen LogP contribution in [-0.2, 0) is 16.0 Å². The maximum Gasteiger partial charge on any atom is 0.229 e. The third-order valence-electron chi connectivity index (χ3n) is 5.36. The van der Waals surface area contributed by atoms with Gasteiger partial charge in [-0.25, -0.2) is 4.68 Å². The number of nitrogens with zero attached hydrogens (tertiary/aromatic N) is 4. The number of rotatable bonds is 3. The van der Waals surface area contributed by atoms with Gasteiger partial charge in [-0.1, -0.05) is 36.3 Å². The van der Waals surface area contributed by atoms with Crippen LogP contribution in [0.2, 0.25) is 0 Å². The van der Waals surface area contributed by atoms with Gasteiger partial charge >= 0.3 is 0 Å². The van der Waals surface area contributed by atoms with Crippen LogP contribution in [0.5, 0.6) is 0 Å². The number of para-hydroxylation sites is 1. The standard InChI is InChI=1S/C19H24N4O2/c1-14-16(20-21-23(14)15-7-3-2-4-8-15)13-19(24)22-11-12-25-18-10-6-5-9-17(18)22/h2-4,7-8,17-18H,5-6,9-13H2,1H3/t17-,18-/m1/s1. The highest BCUT2D eigenvalue weighted by Crippen LogP contribution is 2.29. The Hall–Kier alpha value is -2.21. The van der Waals surface area contributed by atoms with E-state index in [1.165, 1.54) is 12.8 Å². The van der Waals surface area contributed by atoms with E-state index < -0.39 is 0 Å². The highest BCUT2D eigenvalue weighted by Gasteiger charge is 2.36. The zero-order valence-corrected chi connectivity index (χ0v) is 14.6. The highest BCUT2D eigenvalue weighted by atomic mass is 16.5. The second-order valence-electron chi connectivity index (χ2n) is 6.89. The topological polar surface area (TPSA) is 60.3 Å². The largest absolute Gasteiger partial charge is 0.374 e. The van der Waals surface area contributed by atoms with Gasteiger partial charge in [-0.3, -0.25) is 4.79 Å². The van der Waals surface area contributed by atoms with E-state index in [1.807, 2.05) is 42.2 Å². The second kappa shape index (κ2) is 6.96. The van der Waals surface area contributed by atoms with Crippen LogP contribution >= 0.6 is 0 Å². The minimum Gasteiger partial charge on any atom is -0.374 e. The van der Waals surface area contributed by atoms with E-state index in [0.29, 0.717) is 19.6 Å². The first kappa shape index (κ1) is 16.3.